The fourth-order valence-electron chi connectivity index (χ4n) is 1.13. The van der Waals surface area contributed by atoms with Gasteiger partial charge in [0.15, 0.2) is 0 Å². The van der Waals surface area contributed by atoms with Crippen LogP contribution in [-0.2, 0) is 4.79 Å². The van der Waals surface area contributed by atoms with Crippen molar-refractivity contribution >= 4 is 5.97 Å². The van der Waals surface area contributed by atoms with E-state index in [1.807, 2.05) is 14.1 Å². The number of aliphatic carboxylic acids is 1. The van der Waals surface area contributed by atoms with E-state index in [0.29, 0.717) is 6.54 Å². The third-order valence-electron chi connectivity index (χ3n) is 2.00. The number of nitrogens with zero attached hydrogens (tertiary/aromatic N) is 1. The summed E-state index contributed by atoms with van der Waals surface area (Å²) in [7, 11) is 3.79. The van der Waals surface area contributed by atoms with Crippen molar-refractivity contribution in [1.82, 2.24) is 15.5 Å². The summed E-state index contributed by atoms with van der Waals surface area (Å²) in [5.74, 6) is -0.732. The second-order valence-corrected chi connectivity index (χ2v) is 3.19. The fourth-order valence-corrected chi connectivity index (χ4v) is 1.13. The third kappa shape index (κ3) is 7.97. The Labute approximate surface area is 85.5 Å². The zero-order valence-corrected chi connectivity index (χ0v) is 9.05. The number of carboxylic acids is 1. The lowest BCUT2D eigenvalue weighted by Gasteiger charge is -2.20. The molecule has 0 aliphatic carbocycles. The first-order chi connectivity index (χ1) is 6.70. The fraction of sp³-hybridized carbons (Fsp3) is 0.889. The lowest BCUT2D eigenvalue weighted by Crippen LogP contribution is -2.36. The van der Waals surface area contributed by atoms with Gasteiger partial charge in [-0.25, -0.2) is 0 Å². The quantitative estimate of drug-likeness (QED) is 0.458. The molecule has 0 rings (SSSR count). The number of carboxylic acid groups (broad SMARTS) is 1. The first-order valence-corrected chi connectivity index (χ1v) is 4.94. The Morgan fingerprint density at radius 1 is 1.14 bits per heavy atom. The van der Waals surface area contributed by atoms with Gasteiger partial charge in [-0.1, -0.05) is 0 Å². The summed E-state index contributed by atoms with van der Waals surface area (Å²) in [5, 5.41) is 14.7. The molecule has 0 spiro atoms. The number of hydrogen-bond donors (Lipinski definition) is 3. The van der Waals surface area contributed by atoms with Gasteiger partial charge in [-0.3, -0.25) is 4.79 Å². The van der Waals surface area contributed by atoms with Gasteiger partial charge in [0.25, 0.3) is 0 Å². The first-order valence-electron chi connectivity index (χ1n) is 4.94. The van der Waals surface area contributed by atoms with Gasteiger partial charge in [-0.2, -0.15) is 0 Å². The minimum Gasteiger partial charge on any atom is -0.481 e. The van der Waals surface area contributed by atoms with Gasteiger partial charge < -0.3 is 20.6 Å². The molecular weight excluding hydrogens is 182 g/mol. The van der Waals surface area contributed by atoms with E-state index >= 15 is 0 Å². The van der Waals surface area contributed by atoms with Crippen LogP contribution in [0.1, 0.15) is 6.42 Å². The van der Waals surface area contributed by atoms with E-state index in [4.69, 9.17) is 5.11 Å². The average molecular weight is 203 g/mol. The van der Waals surface area contributed by atoms with Crippen LogP contribution in [0.3, 0.4) is 0 Å². The molecule has 0 aliphatic rings. The molecule has 0 aliphatic heterocycles. The smallest absolute Gasteiger partial charge is 0.304 e. The Kier molecular flexibility index (Phi) is 8.51. The summed E-state index contributed by atoms with van der Waals surface area (Å²) < 4.78 is 0. The van der Waals surface area contributed by atoms with Gasteiger partial charge >= 0.3 is 5.97 Å². The lowest BCUT2D eigenvalue weighted by molar-refractivity contribution is -0.137. The molecule has 0 unspecified atom stereocenters. The highest BCUT2D eigenvalue weighted by Crippen LogP contribution is 1.90. The van der Waals surface area contributed by atoms with Gasteiger partial charge in [0.2, 0.25) is 0 Å². The molecule has 0 aromatic heterocycles. The minimum atomic E-state index is -0.732. The van der Waals surface area contributed by atoms with Crippen molar-refractivity contribution in [2.45, 2.75) is 6.42 Å². The van der Waals surface area contributed by atoms with Crippen LogP contribution >= 0.6 is 0 Å². The summed E-state index contributed by atoms with van der Waals surface area (Å²) in [6.45, 7) is 4.20. The van der Waals surface area contributed by atoms with Crippen molar-refractivity contribution in [2.75, 3.05) is 46.8 Å². The molecule has 0 aromatic carbocycles. The van der Waals surface area contributed by atoms with E-state index in [1.54, 1.807) is 0 Å². The van der Waals surface area contributed by atoms with Crippen LogP contribution in [0.15, 0.2) is 0 Å². The highest BCUT2D eigenvalue weighted by Gasteiger charge is 2.05. The molecule has 0 saturated heterocycles. The predicted octanol–water partition coefficient (Wildman–Crippen LogP) is -0.798. The molecule has 0 aromatic rings. The summed E-state index contributed by atoms with van der Waals surface area (Å²) in [5.41, 5.74) is 0. The number of nitrogens with one attached hydrogen (secondary N) is 2. The monoisotopic (exact) mass is 203 g/mol. The number of likely N-dealkylation sites (N-methyl/N-ethyl adjacent to an activating group) is 2. The van der Waals surface area contributed by atoms with E-state index in [1.165, 1.54) is 0 Å². The number of carbonyl (C=O) groups is 1. The molecular formula is C9H21N3O2. The van der Waals surface area contributed by atoms with Crippen molar-refractivity contribution in [2.24, 2.45) is 0 Å². The molecule has 0 saturated carbocycles. The van der Waals surface area contributed by atoms with Gasteiger partial charge in [-0.05, 0) is 14.1 Å². The molecule has 0 fully saturated rings. The van der Waals surface area contributed by atoms with Crippen LogP contribution in [-0.4, -0.2) is 62.8 Å². The van der Waals surface area contributed by atoms with Gasteiger partial charge in [-0.15, -0.1) is 0 Å². The van der Waals surface area contributed by atoms with Crippen LogP contribution in [0.2, 0.25) is 0 Å². The molecule has 0 atom stereocenters. The van der Waals surface area contributed by atoms with Crippen LogP contribution < -0.4 is 10.6 Å². The molecule has 0 heterocycles. The van der Waals surface area contributed by atoms with Crippen molar-refractivity contribution in [3.05, 3.63) is 0 Å². The maximum atomic E-state index is 10.4. The number of rotatable bonds is 9. The Hall–Kier alpha value is -0.650. The SMILES string of the molecule is CNCCN(CCNC)CCC(=O)O. The minimum absolute atomic E-state index is 0.216. The zero-order valence-electron chi connectivity index (χ0n) is 9.05. The Bertz CT molecular complexity index is 145. The molecule has 3 N–H and O–H groups in total. The number of hydrogen-bond acceptors (Lipinski definition) is 4. The van der Waals surface area contributed by atoms with Crippen molar-refractivity contribution < 1.29 is 9.90 Å². The maximum Gasteiger partial charge on any atom is 0.304 e. The summed E-state index contributed by atoms with van der Waals surface area (Å²) in [6, 6.07) is 0. The van der Waals surface area contributed by atoms with E-state index in [2.05, 4.69) is 15.5 Å². The van der Waals surface area contributed by atoms with Crippen LogP contribution in [0, 0.1) is 0 Å². The molecule has 14 heavy (non-hydrogen) atoms. The van der Waals surface area contributed by atoms with Crippen LogP contribution in [0.4, 0.5) is 0 Å². The first kappa shape index (κ1) is 13.4. The van der Waals surface area contributed by atoms with Gasteiger partial charge in [0.05, 0.1) is 6.42 Å². The van der Waals surface area contributed by atoms with Gasteiger partial charge in [0.1, 0.15) is 0 Å². The second-order valence-electron chi connectivity index (χ2n) is 3.19. The predicted molar refractivity (Wildman–Crippen MR) is 56.5 cm³/mol. The van der Waals surface area contributed by atoms with E-state index in [-0.39, 0.29) is 6.42 Å². The average Bonchev–Trinajstić information content (AvgIpc) is 2.16. The molecule has 5 heteroatoms. The van der Waals surface area contributed by atoms with Crippen molar-refractivity contribution in [3.63, 3.8) is 0 Å². The topological polar surface area (TPSA) is 64.6 Å². The standard InChI is InChI=1S/C9H21N3O2/c1-10-4-7-12(8-5-11-2)6-3-9(13)14/h10-11H,3-8H2,1-2H3,(H,13,14). The summed E-state index contributed by atoms with van der Waals surface area (Å²) in [6.07, 6.45) is 0.216. The third-order valence-corrected chi connectivity index (χ3v) is 2.00. The van der Waals surface area contributed by atoms with E-state index in [0.717, 1.165) is 26.2 Å². The Morgan fingerprint density at radius 3 is 2.00 bits per heavy atom. The Morgan fingerprint density at radius 2 is 1.64 bits per heavy atom. The molecule has 5 nitrogen and oxygen atoms in total. The largest absolute Gasteiger partial charge is 0.481 e. The normalized spacial score (nSPS) is 10.8. The van der Waals surface area contributed by atoms with Crippen LogP contribution in [0.5, 0.6) is 0 Å². The summed E-state index contributed by atoms with van der Waals surface area (Å²) >= 11 is 0. The molecule has 0 amide bonds. The summed E-state index contributed by atoms with van der Waals surface area (Å²) in [4.78, 5) is 12.5. The highest BCUT2D eigenvalue weighted by atomic mass is 16.4. The second kappa shape index (κ2) is 8.93. The van der Waals surface area contributed by atoms with Crippen molar-refractivity contribution in [1.29, 1.82) is 0 Å². The molecule has 0 radical (unpaired) electrons. The highest BCUT2D eigenvalue weighted by molar-refractivity contribution is 5.66. The lowest BCUT2D eigenvalue weighted by atomic mass is 10.3. The van der Waals surface area contributed by atoms with Crippen LogP contribution in [0.25, 0.3) is 0 Å². The maximum absolute atomic E-state index is 10.4. The van der Waals surface area contributed by atoms with E-state index in [9.17, 15) is 4.79 Å². The zero-order chi connectivity index (χ0) is 10.8. The van der Waals surface area contributed by atoms with Gasteiger partial charge in [0, 0.05) is 32.7 Å². The van der Waals surface area contributed by atoms with Crippen molar-refractivity contribution in [3.8, 4) is 0 Å². The van der Waals surface area contributed by atoms with E-state index < -0.39 is 5.97 Å². The molecule has 84 valence electrons. The Balaban J connectivity index is 3.65. The molecule has 0 bridgehead atoms.